The maximum Gasteiger partial charge on any atom is 0.129 e. The molecule has 2 nitrogen and oxygen atoms in total. The predicted molar refractivity (Wildman–Crippen MR) is 67.9 cm³/mol. The Labute approximate surface area is 110 Å². The van der Waals surface area contributed by atoms with Gasteiger partial charge in [-0.15, -0.1) is 0 Å². The molecule has 0 aromatic heterocycles. The molecule has 0 bridgehead atoms. The van der Waals surface area contributed by atoms with Crippen molar-refractivity contribution in [3.8, 4) is 5.75 Å². The van der Waals surface area contributed by atoms with Gasteiger partial charge in [0.05, 0.1) is 6.10 Å². The summed E-state index contributed by atoms with van der Waals surface area (Å²) in [7, 11) is 0. The van der Waals surface area contributed by atoms with Crippen molar-refractivity contribution in [2.75, 3.05) is 0 Å². The van der Waals surface area contributed by atoms with Gasteiger partial charge in [-0.3, -0.25) is 0 Å². The van der Waals surface area contributed by atoms with Gasteiger partial charge in [-0.1, -0.05) is 18.2 Å². The summed E-state index contributed by atoms with van der Waals surface area (Å²) in [6.45, 7) is 0. The van der Waals surface area contributed by atoms with Crippen molar-refractivity contribution in [2.45, 2.75) is 18.9 Å². The molecule has 2 aromatic rings. The third kappa shape index (κ3) is 3.76. The van der Waals surface area contributed by atoms with Crippen molar-refractivity contribution in [3.63, 3.8) is 0 Å². The van der Waals surface area contributed by atoms with Crippen LogP contribution in [0.5, 0.6) is 5.75 Å². The van der Waals surface area contributed by atoms with Crippen LogP contribution in [0.3, 0.4) is 0 Å². The minimum Gasteiger partial charge on any atom is -0.508 e. The van der Waals surface area contributed by atoms with E-state index in [9.17, 15) is 19.0 Å². The summed E-state index contributed by atoms with van der Waals surface area (Å²) in [5.41, 5.74) is 1.03. The molecule has 0 aliphatic carbocycles. The lowest BCUT2D eigenvalue weighted by atomic mass is 10.0. The van der Waals surface area contributed by atoms with E-state index in [4.69, 9.17) is 0 Å². The fourth-order valence-corrected chi connectivity index (χ4v) is 1.97. The Hall–Kier alpha value is -1.94. The van der Waals surface area contributed by atoms with Gasteiger partial charge in [-0.2, -0.15) is 0 Å². The van der Waals surface area contributed by atoms with Crippen molar-refractivity contribution in [1.82, 2.24) is 0 Å². The van der Waals surface area contributed by atoms with Crippen LogP contribution in [0.4, 0.5) is 8.78 Å². The lowest BCUT2D eigenvalue weighted by Crippen LogP contribution is -2.14. The smallest absolute Gasteiger partial charge is 0.129 e. The number of phenols is 1. The van der Waals surface area contributed by atoms with Gasteiger partial charge in [0, 0.05) is 12.5 Å². The Morgan fingerprint density at radius 1 is 1.00 bits per heavy atom. The van der Waals surface area contributed by atoms with E-state index in [1.165, 1.54) is 18.2 Å². The molecular weight excluding hydrogens is 250 g/mol. The fraction of sp³-hybridized carbons (Fsp3) is 0.200. The van der Waals surface area contributed by atoms with Crippen LogP contribution in [0, 0.1) is 11.6 Å². The van der Waals surface area contributed by atoms with Crippen LogP contribution >= 0.6 is 0 Å². The van der Waals surface area contributed by atoms with Crippen LogP contribution in [0.25, 0.3) is 0 Å². The zero-order valence-corrected chi connectivity index (χ0v) is 10.2. The number of halogens is 2. The highest BCUT2D eigenvalue weighted by Crippen LogP contribution is 2.16. The number of aliphatic hydroxyl groups excluding tert-OH is 1. The molecule has 4 heteroatoms. The Kier molecular flexibility index (Phi) is 4.12. The van der Waals surface area contributed by atoms with Gasteiger partial charge in [0.1, 0.15) is 17.4 Å². The quantitative estimate of drug-likeness (QED) is 0.891. The second kappa shape index (κ2) is 5.80. The molecule has 2 aromatic carbocycles. The lowest BCUT2D eigenvalue weighted by Gasteiger charge is -2.11. The molecule has 0 heterocycles. The molecule has 2 N–H and O–H groups in total. The monoisotopic (exact) mass is 264 g/mol. The van der Waals surface area contributed by atoms with Gasteiger partial charge in [-0.05, 0) is 35.7 Å². The molecule has 0 saturated heterocycles. The molecule has 0 aliphatic rings. The first-order valence-electron chi connectivity index (χ1n) is 5.94. The van der Waals surface area contributed by atoms with E-state index in [1.807, 2.05) is 0 Å². The summed E-state index contributed by atoms with van der Waals surface area (Å²) in [5, 5.41) is 19.2. The highest BCUT2D eigenvalue weighted by Gasteiger charge is 2.11. The molecule has 0 amide bonds. The van der Waals surface area contributed by atoms with Crippen LogP contribution in [0.15, 0.2) is 42.5 Å². The lowest BCUT2D eigenvalue weighted by molar-refractivity contribution is 0.174. The van der Waals surface area contributed by atoms with Crippen LogP contribution in [0.2, 0.25) is 0 Å². The molecule has 0 fully saturated rings. The van der Waals surface area contributed by atoms with Crippen molar-refractivity contribution >= 4 is 0 Å². The van der Waals surface area contributed by atoms with Gasteiger partial charge in [0.25, 0.3) is 0 Å². The molecular formula is C15H14F2O2. The Bertz CT molecular complexity index is 570. The van der Waals surface area contributed by atoms with E-state index in [2.05, 4.69) is 0 Å². The van der Waals surface area contributed by atoms with Gasteiger partial charge in [-0.25, -0.2) is 8.78 Å². The molecule has 0 aliphatic heterocycles. The minimum absolute atomic E-state index is 0.0990. The normalized spacial score (nSPS) is 12.4. The van der Waals surface area contributed by atoms with Crippen LogP contribution in [-0.2, 0) is 12.8 Å². The van der Waals surface area contributed by atoms with Gasteiger partial charge in [0.15, 0.2) is 0 Å². The van der Waals surface area contributed by atoms with Crippen molar-refractivity contribution in [3.05, 3.63) is 65.2 Å². The summed E-state index contributed by atoms with van der Waals surface area (Å²) >= 11 is 0. The van der Waals surface area contributed by atoms with Crippen molar-refractivity contribution in [1.29, 1.82) is 0 Å². The minimum atomic E-state index is -0.790. The summed E-state index contributed by atoms with van der Waals surface area (Å²) in [5.74, 6) is -1.17. The summed E-state index contributed by atoms with van der Waals surface area (Å²) in [6, 6.07) is 9.83. The van der Waals surface area contributed by atoms with E-state index in [0.29, 0.717) is 6.42 Å². The number of hydrogen-bond donors (Lipinski definition) is 2. The molecule has 19 heavy (non-hydrogen) atoms. The molecule has 1 atom stereocenters. The van der Waals surface area contributed by atoms with E-state index < -0.39 is 17.7 Å². The largest absolute Gasteiger partial charge is 0.508 e. The summed E-state index contributed by atoms with van der Waals surface area (Å²) < 4.78 is 26.2. The second-order valence-corrected chi connectivity index (χ2v) is 4.47. The summed E-state index contributed by atoms with van der Waals surface area (Å²) in [6.07, 6.45) is -0.394. The average molecular weight is 264 g/mol. The maximum atomic E-state index is 13.4. The topological polar surface area (TPSA) is 40.5 Å². The number of phenolic OH excluding ortho intramolecular Hbond substituents is 1. The van der Waals surface area contributed by atoms with Crippen molar-refractivity contribution < 1.29 is 19.0 Å². The van der Waals surface area contributed by atoms with E-state index in [0.717, 1.165) is 11.6 Å². The standard InChI is InChI=1S/C15H14F2O2/c16-12-5-4-11(15(17)9-12)8-14(19)7-10-2-1-3-13(18)6-10/h1-6,9,14,18-19H,7-8H2. The predicted octanol–water partition coefficient (Wildman–Crippen LogP) is 2.82. The molecule has 0 saturated carbocycles. The fourth-order valence-electron chi connectivity index (χ4n) is 1.97. The number of benzene rings is 2. The Morgan fingerprint density at radius 3 is 2.47 bits per heavy atom. The first-order valence-corrected chi connectivity index (χ1v) is 5.94. The second-order valence-electron chi connectivity index (χ2n) is 4.47. The molecule has 100 valence electrons. The first kappa shape index (κ1) is 13.5. The average Bonchev–Trinajstić information content (AvgIpc) is 2.33. The zero-order valence-electron chi connectivity index (χ0n) is 10.2. The molecule has 0 radical (unpaired) electrons. The van der Waals surface area contributed by atoms with E-state index in [1.54, 1.807) is 18.2 Å². The molecule has 0 spiro atoms. The van der Waals surface area contributed by atoms with E-state index >= 15 is 0 Å². The number of rotatable bonds is 4. The van der Waals surface area contributed by atoms with Gasteiger partial charge >= 0.3 is 0 Å². The maximum absolute atomic E-state index is 13.4. The summed E-state index contributed by atoms with van der Waals surface area (Å²) in [4.78, 5) is 0. The van der Waals surface area contributed by atoms with Gasteiger partial charge in [0.2, 0.25) is 0 Å². The Morgan fingerprint density at radius 2 is 1.79 bits per heavy atom. The van der Waals surface area contributed by atoms with E-state index in [-0.39, 0.29) is 17.7 Å². The third-order valence-corrected chi connectivity index (χ3v) is 2.85. The third-order valence-electron chi connectivity index (χ3n) is 2.85. The van der Waals surface area contributed by atoms with Crippen LogP contribution in [-0.4, -0.2) is 16.3 Å². The SMILES string of the molecule is Oc1cccc(CC(O)Cc2ccc(F)cc2F)c1. The Balaban J connectivity index is 2.03. The van der Waals surface area contributed by atoms with Gasteiger partial charge < -0.3 is 10.2 Å². The van der Waals surface area contributed by atoms with Crippen molar-refractivity contribution in [2.24, 2.45) is 0 Å². The number of aliphatic hydroxyl groups is 1. The number of hydrogen-bond acceptors (Lipinski definition) is 2. The van der Waals surface area contributed by atoms with Crippen LogP contribution < -0.4 is 0 Å². The first-order chi connectivity index (χ1) is 9.04. The van der Waals surface area contributed by atoms with Crippen LogP contribution in [0.1, 0.15) is 11.1 Å². The molecule has 1 unspecified atom stereocenters. The molecule has 2 rings (SSSR count). The number of aromatic hydroxyl groups is 1. The zero-order chi connectivity index (χ0) is 13.8. The highest BCUT2D eigenvalue weighted by molar-refractivity contribution is 5.28. The highest BCUT2D eigenvalue weighted by atomic mass is 19.1.